The zero-order valence-corrected chi connectivity index (χ0v) is 14.8. The van der Waals surface area contributed by atoms with Gasteiger partial charge in [-0.1, -0.05) is 12.1 Å². The maximum atomic E-state index is 13.2. The van der Waals surface area contributed by atoms with Crippen molar-refractivity contribution in [2.45, 2.75) is 56.8 Å². The van der Waals surface area contributed by atoms with Crippen LogP contribution in [0.4, 0.5) is 22.0 Å². The number of carbonyl (C=O) groups is 1. The fourth-order valence-corrected chi connectivity index (χ4v) is 4.26. The molecule has 0 N–H and O–H groups in total. The first-order valence-electron chi connectivity index (χ1n) is 7.27. The molecule has 10 heteroatoms. The average molecular weight is 387 g/mol. The van der Waals surface area contributed by atoms with Crippen LogP contribution in [-0.4, -0.2) is 42.7 Å². The largest absolute Gasteiger partial charge is 0.461 e. The Morgan fingerprint density at radius 1 is 1.00 bits per heavy atom. The van der Waals surface area contributed by atoms with Gasteiger partial charge in [-0.3, -0.25) is 4.79 Å². The van der Waals surface area contributed by atoms with Crippen LogP contribution in [0.3, 0.4) is 0 Å². The number of ketones is 1. The Morgan fingerprint density at radius 2 is 1.48 bits per heavy atom. The molecular formula is C15H18F5NO3S. The molecule has 0 heterocycles. The van der Waals surface area contributed by atoms with Gasteiger partial charge in [-0.2, -0.15) is 26.3 Å². The predicted octanol–water partition coefficient (Wildman–Crippen LogP) is 3.87. The zero-order chi connectivity index (χ0) is 19.8. The molecule has 0 saturated carbocycles. The van der Waals surface area contributed by atoms with E-state index >= 15 is 0 Å². The van der Waals surface area contributed by atoms with E-state index in [0.29, 0.717) is 6.07 Å². The molecule has 0 aromatic heterocycles. The van der Waals surface area contributed by atoms with Crippen molar-refractivity contribution in [2.24, 2.45) is 0 Å². The zero-order valence-electron chi connectivity index (χ0n) is 13.9. The number of halogens is 5. The van der Waals surface area contributed by atoms with E-state index in [-0.39, 0.29) is 0 Å². The van der Waals surface area contributed by atoms with Gasteiger partial charge in [-0.05, 0) is 39.8 Å². The van der Waals surface area contributed by atoms with Crippen LogP contribution in [-0.2, 0) is 10.0 Å². The van der Waals surface area contributed by atoms with Crippen molar-refractivity contribution < 1.29 is 35.2 Å². The molecule has 1 aromatic carbocycles. The van der Waals surface area contributed by atoms with Gasteiger partial charge in [0.15, 0.2) is 0 Å². The number of hydrogen-bond donors (Lipinski definition) is 0. The minimum Gasteiger partial charge on any atom is -0.287 e. The fourth-order valence-electron chi connectivity index (χ4n) is 2.38. The quantitative estimate of drug-likeness (QED) is 0.550. The van der Waals surface area contributed by atoms with Gasteiger partial charge < -0.3 is 0 Å². The monoisotopic (exact) mass is 387 g/mol. The lowest BCUT2D eigenvalue weighted by molar-refractivity contribution is -0.255. The summed E-state index contributed by atoms with van der Waals surface area (Å²) in [6, 6.07) is 2.27. The van der Waals surface area contributed by atoms with E-state index in [2.05, 4.69) is 0 Å². The molecule has 1 rings (SSSR count). The summed E-state index contributed by atoms with van der Waals surface area (Å²) in [7, 11) is -4.18. The van der Waals surface area contributed by atoms with E-state index in [1.165, 1.54) is 0 Å². The number of alkyl halides is 5. The number of hydrogen-bond acceptors (Lipinski definition) is 3. The predicted molar refractivity (Wildman–Crippen MR) is 81.1 cm³/mol. The van der Waals surface area contributed by atoms with Crippen LogP contribution in [0, 0.1) is 0 Å². The number of nitrogens with zero attached hydrogens (tertiary/aromatic N) is 1. The summed E-state index contributed by atoms with van der Waals surface area (Å²) in [5.74, 6) is -8.11. The first kappa shape index (κ1) is 21.5. The number of rotatable bonds is 6. The van der Waals surface area contributed by atoms with Crippen LogP contribution < -0.4 is 0 Å². The maximum Gasteiger partial charge on any atom is 0.461 e. The van der Waals surface area contributed by atoms with Crippen molar-refractivity contribution >= 4 is 15.8 Å². The third-order valence-corrected chi connectivity index (χ3v) is 5.58. The van der Waals surface area contributed by atoms with Crippen LogP contribution in [0.15, 0.2) is 29.2 Å². The Morgan fingerprint density at radius 3 is 1.88 bits per heavy atom. The Kier molecular flexibility index (Phi) is 6.01. The van der Waals surface area contributed by atoms with Gasteiger partial charge in [0.1, 0.15) is 0 Å². The van der Waals surface area contributed by atoms with Gasteiger partial charge in [0, 0.05) is 17.6 Å². The minimum atomic E-state index is -6.07. The van der Waals surface area contributed by atoms with Crippen LogP contribution in [0.2, 0.25) is 0 Å². The standard InChI is InChI=1S/C15H18F5NO3S/c1-9(2)21(10(3)4)25(23,24)12-7-5-6-11(8-12)13(22)14(16,17)15(18,19)20/h5-10H,1-4H3. The van der Waals surface area contributed by atoms with E-state index < -0.39 is 50.4 Å². The normalized spacial score (nSPS) is 13.8. The SMILES string of the molecule is CC(C)N(C(C)C)S(=O)(=O)c1cccc(C(=O)C(F)(F)C(F)(F)F)c1. The van der Waals surface area contributed by atoms with Crippen LogP contribution in [0.5, 0.6) is 0 Å². The van der Waals surface area contributed by atoms with Crippen LogP contribution in [0.25, 0.3) is 0 Å². The minimum absolute atomic E-state index is 0.485. The molecule has 0 aliphatic rings. The highest BCUT2D eigenvalue weighted by Gasteiger charge is 2.63. The first-order chi connectivity index (χ1) is 11.1. The molecule has 142 valence electrons. The van der Waals surface area contributed by atoms with E-state index in [0.717, 1.165) is 22.5 Å². The highest BCUT2D eigenvalue weighted by atomic mass is 32.2. The van der Waals surface area contributed by atoms with Crippen molar-refractivity contribution in [1.82, 2.24) is 4.31 Å². The number of sulfonamides is 1. The summed E-state index contributed by atoms with van der Waals surface area (Å²) in [5, 5.41) is 0. The topological polar surface area (TPSA) is 54.5 Å². The van der Waals surface area contributed by atoms with E-state index in [9.17, 15) is 35.2 Å². The summed E-state index contributed by atoms with van der Waals surface area (Å²) in [4.78, 5) is 11.0. The molecule has 1 aromatic rings. The van der Waals surface area contributed by atoms with Gasteiger partial charge in [-0.15, -0.1) is 0 Å². The van der Waals surface area contributed by atoms with Crippen molar-refractivity contribution in [2.75, 3.05) is 0 Å². The van der Waals surface area contributed by atoms with E-state index in [1.54, 1.807) is 27.7 Å². The lowest BCUT2D eigenvalue weighted by Gasteiger charge is -2.29. The molecule has 0 aliphatic carbocycles. The Labute approximate surface area is 142 Å². The molecule has 0 radical (unpaired) electrons. The van der Waals surface area contributed by atoms with Crippen molar-refractivity contribution in [3.05, 3.63) is 29.8 Å². The van der Waals surface area contributed by atoms with E-state index in [4.69, 9.17) is 0 Å². The molecule has 0 unspecified atom stereocenters. The molecule has 0 bridgehead atoms. The highest BCUT2D eigenvalue weighted by molar-refractivity contribution is 7.89. The van der Waals surface area contributed by atoms with Crippen molar-refractivity contribution in [1.29, 1.82) is 0 Å². The second-order valence-electron chi connectivity index (χ2n) is 5.95. The average Bonchev–Trinajstić information content (AvgIpc) is 2.44. The van der Waals surface area contributed by atoms with E-state index in [1.807, 2.05) is 0 Å². The molecule has 25 heavy (non-hydrogen) atoms. The van der Waals surface area contributed by atoms with Crippen molar-refractivity contribution in [3.8, 4) is 0 Å². The van der Waals surface area contributed by atoms with Gasteiger partial charge in [0.05, 0.1) is 4.90 Å². The van der Waals surface area contributed by atoms with Crippen molar-refractivity contribution in [3.63, 3.8) is 0 Å². The Bertz CT molecular complexity index is 734. The summed E-state index contributed by atoms with van der Waals surface area (Å²) in [6.07, 6.45) is -6.07. The number of carbonyl (C=O) groups excluding carboxylic acids is 1. The lowest BCUT2D eigenvalue weighted by Crippen LogP contribution is -2.44. The molecule has 0 amide bonds. The lowest BCUT2D eigenvalue weighted by atomic mass is 10.1. The molecule has 0 spiro atoms. The molecule has 4 nitrogen and oxygen atoms in total. The molecular weight excluding hydrogens is 369 g/mol. The fraction of sp³-hybridized carbons (Fsp3) is 0.533. The first-order valence-corrected chi connectivity index (χ1v) is 8.71. The molecule has 0 atom stereocenters. The van der Waals surface area contributed by atoms with Crippen LogP contribution >= 0.6 is 0 Å². The Hall–Kier alpha value is -1.55. The van der Waals surface area contributed by atoms with Gasteiger partial charge in [0.25, 0.3) is 0 Å². The third kappa shape index (κ3) is 4.17. The summed E-state index contributed by atoms with van der Waals surface area (Å²) in [6.45, 7) is 6.35. The van der Waals surface area contributed by atoms with Gasteiger partial charge in [0.2, 0.25) is 15.8 Å². The maximum absolute atomic E-state index is 13.2. The second-order valence-corrected chi connectivity index (χ2v) is 7.79. The van der Waals surface area contributed by atoms with Gasteiger partial charge in [-0.25, -0.2) is 8.42 Å². The Balaban J connectivity index is 3.42. The number of benzene rings is 1. The summed E-state index contributed by atoms with van der Waals surface area (Å²) < 4.78 is 89.8. The summed E-state index contributed by atoms with van der Waals surface area (Å²) >= 11 is 0. The molecule has 0 fully saturated rings. The third-order valence-electron chi connectivity index (χ3n) is 3.33. The highest BCUT2D eigenvalue weighted by Crippen LogP contribution is 2.38. The van der Waals surface area contributed by atoms with Crippen LogP contribution in [0.1, 0.15) is 38.1 Å². The van der Waals surface area contributed by atoms with Gasteiger partial charge >= 0.3 is 12.1 Å². The smallest absolute Gasteiger partial charge is 0.287 e. The summed E-state index contributed by atoms with van der Waals surface area (Å²) in [5.41, 5.74) is -1.03. The number of Topliss-reactive ketones (excluding diaryl/α,β-unsaturated/α-hetero) is 1. The second kappa shape index (κ2) is 6.99. The molecule has 0 aliphatic heterocycles. The molecule has 0 saturated heterocycles.